The van der Waals surface area contributed by atoms with E-state index in [2.05, 4.69) is 22.4 Å². The number of carbonyl (C=O) groups is 2. The predicted octanol–water partition coefficient (Wildman–Crippen LogP) is 7.20. The van der Waals surface area contributed by atoms with Gasteiger partial charge in [0.2, 0.25) is 5.16 Å². The van der Waals surface area contributed by atoms with Crippen molar-refractivity contribution in [2.24, 2.45) is 5.92 Å². The zero-order valence-electron chi connectivity index (χ0n) is 28.3. The normalized spacial score (nSPS) is 19.9. The van der Waals surface area contributed by atoms with Crippen molar-refractivity contribution in [1.82, 2.24) is 25.1 Å². The Hall–Kier alpha value is -5.46. The summed E-state index contributed by atoms with van der Waals surface area (Å²) in [5.41, 5.74) is 7.29. The summed E-state index contributed by atoms with van der Waals surface area (Å²) in [6.45, 7) is 2.29. The van der Waals surface area contributed by atoms with Gasteiger partial charge in [-0.05, 0) is 68.6 Å². The van der Waals surface area contributed by atoms with Crippen LogP contribution in [-0.2, 0) is 22.6 Å². The van der Waals surface area contributed by atoms with E-state index in [0.717, 1.165) is 39.1 Å². The molecule has 260 valence electrons. The minimum Gasteiger partial charge on any atom is -0.392 e. The molecule has 0 saturated carbocycles. The monoisotopic (exact) mass is 709 g/mol. The second-order valence-electron chi connectivity index (χ2n) is 12.9. The second kappa shape index (κ2) is 14.6. The van der Waals surface area contributed by atoms with Gasteiger partial charge in [-0.3, -0.25) is 14.5 Å². The number of rotatable bonds is 10. The number of aliphatic hydroxyl groups is 1. The lowest BCUT2D eigenvalue weighted by molar-refractivity contribution is -0.268. The maximum absolute atomic E-state index is 13.0. The first-order valence-corrected chi connectivity index (χ1v) is 18.1. The summed E-state index contributed by atoms with van der Waals surface area (Å²) < 4.78 is 15.1. The molecular formula is C41H35N5O5S. The van der Waals surface area contributed by atoms with Crippen LogP contribution in [0.5, 0.6) is 0 Å². The first-order valence-electron chi connectivity index (χ1n) is 17.1. The lowest BCUT2D eigenvalue weighted by Gasteiger charge is -2.41. The molecule has 6 aromatic rings. The Labute approximate surface area is 305 Å². The molecule has 0 bridgehead atoms. The van der Waals surface area contributed by atoms with E-state index >= 15 is 0 Å². The van der Waals surface area contributed by atoms with Crippen molar-refractivity contribution in [2.75, 3.05) is 5.75 Å². The Kier molecular flexibility index (Phi) is 9.48. The summed E-state index contributed by atoms with van der Waals surface area (Å²) in [6, 6.07) is 40.6. The number of hydrogen-bond acceptors (Lipinski definition) is 9. The van der Waals surface area contributed by atoms with Gasteiger partial charge in [-0.1, -0.05) is 116 Å². The highest BCUT2D eigenvalue weighted by Gasteiger charge is 2.39. The number of aliphatic hydroxyl groups excluding tert-OH is 1. The zero-order valence-corrected chi connectivity index (χ0v) is 29.1. The Morgan fingerprint density at radius 3 is 2.13 bits per heavy atom. The fourth-order valence-corrected chi connectivity index (χ4v) is 7.77. The van der Waals surface area contributed by atoms with Gasteiger partial charge in [-0.15, -0.1) is 5.10 Å². The Morgan fingerprint density at radius 1 is 0.731 bits per heavy atom. The predicted molar refractivity (Wildman–Crippen MR) is 195 cm³/mol. The highest BCUT2D eigenvalue weighted by atomic mass is 32.2. The van der Waals surface area contributed by atoms with Crippen LogP contribution in [0.2, 0.25) is 0 Å². The molecule has 4 atom stereocenters. The lowest BCUT2D eigenvalue weighted by atomic mass is 9.91. The summed E-state index contributed by atoms with van der Waals surface area (Å²) in [4.78, 5) is 27.3. The average Bonchev–Trinajstić information content (AvgIpc) is 3.77. The molecule has 4 unspecified atom stereocenters. The minimum absolute atomic E-state index is 0.00559. The van der Waals surface area contributed by atoms with Gasteiger partial charge in [0, 0.05) is 17.2 Å². The van der Waals surface area contributed by atoms with Crippen molar-refractivity contribution in [3.63, 3.8) is 0 Å². The van der Waals surface area contributed by atoms with Crippen LogP contribution in [0, 0.1) is 5.92 Å². The average molecular weight is 710 g/mol. The highest BCUT2D eigenvalue weighted by molar-refractivity contribution is 7.99. The van der Waals surface area contributed by atoms with Crippen LogP contribution < -0.4 is 0 Å². The molecule has 1 aromatic heterocycles. The molecule has 10 nitrogen and oxygen atoms in total. The van der Waals surface area contributed by atoms with Crippen molar-refractivity contribution < 1.29 is 24.2 Å². The van der Waals surface area contributed by atoms with Gasteiger partial charge in [0.25, 0.3) is 11.8 Å². The third kappa shape index (κ3) is 6.67. The van der Waals surface area contributed by atoms with Crippen LogP contribution in [-0.4, -0.2) is 53.9 Å². The number of benzene rings is 5. The maximum Gasteiger partial charge on any atom is 0.261 e. The molecular weight excluding hydrogens is 675 g/mol. The van der Waals surface area contributed by atoms with Gasteiger partial charge in [0.05, 0.1) is 42.2 Å². The van der Waals surface area contributed by atoms with Crippen LogP contribution in [0.4, 0.5) is 0 Å². The van der Waals surface area contributed by atoms with Crippen molar-refractivity contribution in [1.29, 1.82) is 0 Å². The van der Waals surface area contributed by atoms with Crippen LogP contribution in [0.1, 0.15) is 62.3 Å². The molecule has 0 radical (unpaired) electrons. The quantitative estimate of drug-likeness (QED) is 0.116. The molecule has 3 heterocycles. The van der Waals surface area contributed by atoms with Gasteiger partial charge in [-0.2, -0.15) is 4.68 Å². The molecule has 1 fully saturated rings. The van der Waals surface area contributed by atoms with E-state index in [0.29, 0.717) is 22.0 Å². The molecule has 2 amide bonds. The molecule has 11 heteroatoms. The third-order valence-electron chi connectivity index (χ3n) is 9.60. The maximum atomic E-state index is 13.0. The van der Waals surface area contributed by atoms with Crippen LogP contribution in [0.3, 0.4) is 0 Å². The Balaban J connectivity index is 1.01. The van der Waals surface area contributed by atoms with Crippen molar-refractivity contribution in [3.8, 4) is 16.8 Å². The number of fused-ring (bicyclic) bond motifs is 1. The summed E-state index contributed by atoms with van der Waals surface area (Å²) in [5.74, 6) is 0.0451. The molecule has 52 heavy (non-hydrogen) atoms. The van der Waals surface area contributed by atoms with Gasteiger partial charge in [-0.25, -0.2) is 0 Å². The number of aromatic nitrogens is 4. The first-order chi connectivity index (χ1) is 25.5. The van der Waals surface area contributed by atoms with Crippen molar-refractivity contribution in [2.45, 2.75) is 43.7 Å². The fourth-order valence-electron chi connectivity index (χ4n) is 6.71. The topological polar surface area (TPSA) is 120 Å². The highest BCUT2D eigenvalue weighted by Crippen LogP contribution is 2.43. The van der Waals surface area contributed by atoms with E-state index in [1.54, 1.807) is 28.9 Å². The second-order valence-corrected chi connectivity index (χ2v) is 13.9. The van der Waals surface area contributed by atoms with E-state index in [-0.39, 0.29) is 43.1 Å². The minimum atomic E-state index is -0.636. The van der Waals surface area contributed by atoms with Crippen molar-refractivity contribution in [3.05, 3.63) is 161 Å². The third-order valence-corrected chi connectivity index (χ3v) is 10.6. The van der Waals surface area contributed by atoms with Gasteiger partial charge in [0.1, 0.15) is 0 Å². The fraction of sp³-hybridized carbons (Fsp3) is 0.195. The van der Waals surface area contributed by atoms with Crippen LogP contribution >= 0.6 is 11.8 Å². The standard InChI is InChI=1S/C41H35N5O5S/c1-26-36(25-52-41-42-43-44-46(41)33-10-3-2-4-11-33)50-40(51-37(26)30-16-14-27(24-47)15-17-30)31-20-18-29(19-21-31)32-9-7-8-28(22-32)23-45-38(48)34-12-5-6-13-35(34)39(45)49/h2-22,26,36-37,40,47H,23-25H2,1H3. The number of imide groups is 1. The Bertz CT molecular complexity index is 2170. The zero-order chi connectivity index (χ0) is 35.6. The summed E-state index contributed by atoms with van der Waals surface area (Å²) >= 11 is 1.54. The SMILES string of the molecule is CC1C(CSc2nnnn2-c2ccccc2)OC(c2ccc(-c3cccc(CN4C(=O)c5ccccc5C4=O)c3)cc2)OC1c1ccc(CO)cc1. The Morgan fingerprint density at radius 2 is 1.42 bits per heavy atom. The molecule has 8 rings (SSSR count). The van der Waals surface area contributed by atoms with E-state index in [9.17, 15) is 14.7 Å². The number of tetrazole rings is 1. The van der Waals surface area contributed by atoms with Gasteiger partial charge in [0.15, 0.2) is 6.29 Å². The molecule has 0 aliphatic carbocycles. The molecule has 5 aromatic carbocycles. The number of carbonyl (C=O) groups excluding carboxylic acids is 2. The van der Waals surface area contributed by atoms with E-state index in [4.69, 9.17) is 9.47 Å². The molecule has 1 saturated heterocycles. The van der Waals surface area contributed by atoms with Crippen molar-refractivity contribution >= 4 is 23.6 Å². The number of ether oxygens (including phenoxy) is 2. The number of hydrogen-bond donors (Lipinski definition) is 1. The number of para-hydroxylation sites is 1. The van der Waals surface area contributed by atoms with E-state index < -0.39 is 6.29 Å². The molecule has 2 aliphatic heterocycles. The van der Waals surface area contributed by atoms with Crippen LogP contribution in [0.15, 0.2) is 133 Å². The van der Waals surface area contributed by atoms with Gasteiger partial charge < -0.3 is 14.6 Å². The van der Waals surface area contributed by atoms with E-state index in [1.807, 2.05) is 103 Å². The molecule has 1 N–H and O–H groups in total. The first kappa shape index (κ1) is 33.7. The van der Waals surface area contributed by atoms with Gasteiger partial charge >= 0.3 is 0 Å². The lowest BCUT2D eigenvalue weighted by Crippen LogP contribution is -2.38. The summed E-state index contributed by atoms with van der Waals surface area (Å²) in [5, 5.41) is 22.7. The number of nitrogens with zero attached hydrogens (tertiary/aromatic N) is 5. The largest absolute Gasteiger partial charge is 0.392 e. The van der Waals surface area contributed by atoms with Crippen LogP contribution in [0.25, 0.3) is 16.8 Å². The molecule has 2 aliphatic rings. The molecule has 0 spiro atoms. The summed E-state index contributed by atoms with van der Waals surface area (Å²) in [7, 11) is 0. The summed E-state index contributed by atoms with van der Waals surface area (Å²) in [6.07, 6.45) is -1.10. The van der Waals surface area contributed by atoms with E-state index in [1.165, 1.54) is 16.7 Å². The smallest absolute Gasteiger partial charge is 0.261 e. The number of thioether (sulfide) groups is 1. The number of amides is 2.